The van der Waals surface area contributed by atoms with Gasteiger partial charge in [-0.2, -0.15) is 5.26 Å². The van der Waals surface area contributed by atoms with Crippen molar-refractivity contribution < 1.29 is 9.59 Å². The third-order valence-electron chi connectivity index (χ3n) is 0.858. The Bertz CT molecular complexity index is 167. The summed E-state index contributed by atoms with van der Waals surface area (Å²) in [6.07, 6.45) is 0.748. The summed E-state index contributed by atoms with van der Waals surface area (Å²) in [7, 11) is 0. The van der Waals surface area contributed by atoms with E-state index in [4.69, 9.17) is 5.26 Å². The molecule has 1 fully saturated rings. The Morgan fingerprint density at radius 2 is 1.70 bits per heavy atom. The van der Waals surface area contributed by atoms with Gasteiger partial charge in [-0.15, -0.1) is 0 Å². The second kappa shape index (κ2) is 4.50. The molecule has 0 spiro atoms. The maximum Gasteiger partial charge on any atom is 0.227 e. The molecule has 1 saturated heterocycles. The summed E-state index contributed by atoms with van der Waals surface area (Å²) in [4.78, 5) is 20.2. The molecule has 1 aliphatic heterocycles. The fraction of sp³-hybridized carbons (Fsp3) is 0.500. The van der Waals surface area contributed by atoms with Crippen molar-refractivity contribution in [3.05, 3.63) is 0 Å². The topological polar surface area (TPSA) is 70.0 Å². The van der Waals surface area contributed by atoms with E-state index in [0.29, 0.717) is 12.8 Å². The Balaban J connectivity index is 0.000000236. The zero-order valence-electron chi connectivity index (χ0n) is 5.68. The molecule has 0 bridgehead atoms. The van der Waals surface area contributed by atoms with E-state index in [1.165, 1.54) is 6.92 Å². The quantitative estimate of drug-likeness (QED) is 0.479. The van der Waals surface area contributed by atoms with Gasteiger partial charge in [0.1, 0.15) is 0 Å². The lowest BCUT2D eigenvalue weighted by atomic mass is 10.4. The first-order chi connectivity index (χ1) is 4.70. The van der Waals surface area contributed by atoms with Crippen molar-refractivity contribution in [3.8, 4) is 6.07 Å². The van der Waals surface area contributed by atoms with E-state index in [0.717, 1.165) is 0 Å². The van der Waals surface area contributed by atoms with Gasteiger partial charge in [-0.05, 0) is 0 Å². The molecule has 1 N–H and O–H groups in total. The number of nitrogens with one attached hydrogen (secondary N) is 1. The number of imide groups is 1. The molecule has 0 saturated carbocycles. The average Bonchev–Trinajstić information content (AvgIpc) is 2.17. The van der Waals surface area contributed by atoms with Gasteiger partial charge in [0.2, 0.25) is 11.8 Å². The van der Waals surface area contributed by atoms with Crippen molar-refractivity contribution in [2.24, 2.45) is 0 Å². The number of hydrogen-bond acceptors (Lipinski definition) is 3. The molecule has 0 aromatic heterocycles. The van der Waals surface area contributed by atoms with Crippen LogP contribution in [-0.2, 0) is 9.59 Å². The van der Waals surface area contributed by atoms with Gasteiger partial charge in [-0.25, -0.2) is 0 Å². The predicted octanol–water partition coefficient (Wildman–Crippen LogP) is -0.0471. The normalized spacial score (nSPS) is 14.8. The third kappa shape index (κ3) is 3.61. The van der Waals surface area contributed by atoms with E-state index in [-0.39, 0.29) is 11.8 Å². The lowest BCUT2D eigenvalue weighted by molar-refractivity contribution is -0.124. The zero-order valence-corrected chi connectivity index (χ0v) is 5.68. The summed E-state index contributed by atoms with van der Waals surface area (Å²) in [5.41, 5.74) is 0. The van der Waals surface area contributed by atoms with Crippen LogP contribution in [0.15, 0.2) is 0 Å². The molecule has 0 aliphatic carbocycles. The van der Waals surface area contributed by atoms with Gasteiger partial charge in [0, 0.05) is 19.8 Å². The van der Waals surface area contributed by atoms with Crippen LogP contribution in [0.1, 0.15) is 19.8 Å². The summed E-state index contributed by atoms with van der Waals surface area (Å²) >= 11 is 0. The van der Waals surface area contributed by atoms with Crippen LogP contribution in [0.5, 0.6) is 0 Å². The molecule has 0 atom stereocenters. The fourth-order valence-corrected chi connectivity index (χ4v) is 0.508. The van der Waals surface area contributed by atoms with Gasteiger partial charge >= 0.3 is 0 Å². The van der Waals surface area contributed by atoms with E-state index in [2.05, 4.69) is 5.32 Å². The molecule has 1 aliphatic rings. The number of carbonyl (C=O) groups is 2. The summed E-state index contributed by atoms with van der Waals surface area (Å²) in [6.45, 7) is 1.43. The summed E-state index contributed by atoms with van der Waals surface area (Å²) in [6, 6.07) is 1.75. The highest BCUT2D eigenvalue weighted by Crippen LogP contribution is 1.95. The predicted molar refractivity (Wildman–Crippen MR) is 33.7 cm³/mol. The maximum absolute atomic E-state index is 10.1. The molecule has 1 rings (SSSR count). The minimum Gasteiger partial charge on any atom is -0.296 e. The molecular weight excluding hydrogens is 132 g/mol. The minimum atomic E-state index is -0.148. The summed E-state index contributed by atoms with van der Waals surface area (Å²) < 4.78 is 0. The van der Waals surface area contributed by atoms with Gasteiger partial charge in [0.25, 0.3) is 0 Å². The highest BCUT2D eigenvalue weighted by Gasteiger charge is 2.15. The molecule has 54 valence electrons. The second-order valence-electron chi connectivity index (χ2n) is 1.69. The number of nitrogens with zero attached hydrogens (tertiary/aromatic N) is 1. The van der Waals surface area contributed by atoms with Crippen molar-refractivity contribution in [2.75, 3.05) is 0 Å². The van der Waals surface area contributed by atoms with Crippen molar-refractivity contribution in [1.29, 1.82) is 5.26 Å². The molecule has 0 aromatic rings. The lowest BCUT2D eigenvalue weighted by Gasteiger charge is -1.79. The molecule has 4 heteroatoms. The third-order valence-corrected chi connectivity index (χ3v) is 0.858. The number of carbonyl (C=O) groups excluding carboxylic acids is 2. The van der Waals surface area contributed by atoms with E-state index in [1.54, 1.807) is 6.07 Å². The smallest absolute Gasteiger partial charge is 0.227 e. The second-order valence-corrected chi connectivity index (χ2v) is 1.69. The van der Waals surface area contributed by atoms with Gasteiger partial charge in [0.15, 0.2) is 0 Å². The Morgan fingerprint density at radius 1 is 1.40 bits per heavy atom. The first kappa shape index (κ1) is 8.63. The molecule has 2 amide bonds. The molecule has 10 heavy (non-hydrogen) atoms. The molecule has 0 aromatic carbocycles. The SMILES string of the molecule is CC#N.O=C1CCC(=O)N1. The van der Waals surface area contributed by atoms with E-state index in [9.17, 15) is 9.59 Å². The number of nitriles is 1. The van der Waals surface area contributed by atoms with Crippen molar-refractivity contribution in [3.63, 3.8) is 0 Å². The van der Waals surface area contributed by atoms with E-state index >= 15 is 0 Å². The Kier molecular flexibility index (Phi) is 3.89. The standard InChI is InChI=1S/C4H5NO2.C2H3N/c6-3-1-2-4(7)5-3;1-2-3/h1-2H2,(H,5,6,7);1H3. The number of rotatable bonds is 0. The summed E-state index contributed by atoms with van der Waals surface area (Å²) in [5, 5.41) is 9.46. The van der Waals surface area contributed by atoms with Gasteiger partial charge in [0.05, 0.1) is 6.07 Å². The highest BCUT2D eigenvalue weighted by atomic mass is 16.2. The first-order valence-electron chi connectivity index (χ1n) is 2.84. The van der Waals surface area contributed by atoms with Crippen LogP contribution in [0.3, 0.4) is 0 Å². The van der Waals surface area contributed by atoms with Crippen molar-refractivity contribution in [1.82, 2.24) is 5.32 Å². The zero-order chi connectivity index (χ0) is 7.98. The van der Waals surface area contributed by atoms with Crippen LogP contribution < -0.4 is 5.32 Å². The van der Waals surface area contributed by atoms with Crippen LogP contribution >= 0.6 is 0 Å². The largest absolute Gasteiger partial charge is 0.296 e. The number of amides is 2. The van der Waals surface area contributed by atoms with Crippen LogP contribution in [0.2, 0.25) is 0 Å². The van der Waals surface area contributed by atoms with Crippen LogP contribution in [0.4, 0.5) is 0 Å². The average molecular weight is 140 g/mol. The van der Waals surface area contributed by atoms with E-state index in [1.807, 2.05) is 0 Å². The minimum absolute atomic E-state index is 0.148. The van der Waals surface area contributed by atoms with Crippen LogP contribution in [-0.4, -0.2) is 11.8 Å². The number of hydrogen-bond donors (Lipinski definition) is 1. The first-order valence-corrected chi connectivity index (χ1v) is 2.84. The molecule has 0 radical (unpaired) electrons. The van der Waals surface area contributed by atoms with Crippen LogP contribution in [0.25, 0.3) is 0 Å². The molecule has 0 unspecified atom stereocenters. The van der Waals surface area contributed by atoms with Crippen LogP contribution in [0, 0.1) is 11.3 Å². The highest BCUT2D eigenvalue weighted by molar-refractivity contribution is 6.01. The molecular formula is C6H8N2O2. The van der Waals surface area contributed by atoms with Gasteiger partial charge in [-0.3, -0.25) is 14.9 Å². The van der Waals surface area contributed by atoms with Gasteiger partial charge < -0.3 is 0 Å². The van der Waals surface area contributed by atoms with E-state index < -0.39 is 0 Å². The Morgan fingerprint density at radius 3 is 1.80 bits per heavy atom. The Hall–Kier alpha value is -1.37. The van der Waals surface area contributed by atoms with Crippen molar-refractivity contribution in [2.45, 2.75) is 19.8 Å². The van der Waals surface area contributed by atoms with Gasteiger partial charge in [-0.1, -0.05) is 0 Å². The summed E-state index contributed by atoms with van der Waals surface area (Å²) in [5.74, 6) is -0.296. The monoisotopic (exact) mass is 140 g/mol. The lowest BCUT2D eigenvalue weighted by Crippen LogP contribution is -2.18. The maximum atomic E-state index is 10.1. The van der Waals surface area contributed by atoms with Crippen molar-refractivity contribution >= 4 is 11.8 Å². The Labute approximate surface area is 58.8 Å². The fourth-order valence-electron chi connectivity index (χ4n) is 0.508. The molecule has 4 nitrogen and oxygen atoms in total. The molecule has 1 heterocycles.